The maximum Gasteiger partial charge on any atom is 0.145 e. The number of carbonyl (C=O) groups excluding carboxylic acids is 1. The largest absolute Gasteiger partial charge is 0.298 e. The molecule has 1 atom stereocenters. The lowest BCUT2D eigenvalue weighted by atomic mass is 9.72. The molecule has 1 unspecified atom stereocenters. The second-order valence-corrected chi connectivity index (χ2v) is 8.01. The van der Waals surface area contributed by atoms with Gasteiger partial charge in [0.05, 0.1) is 0 Å². The molecule has 1 heteroatoms. The standard InChI is InChI=1S/C22H32O/c1-16(8-10-19-11-12-20(15-23)18(19)3)9-13-21-17(2)7-6-14-22(21,4)5/h8-9,13,15,19H,6-7,10-12,14H2,1-5H3/b13-9+,16-8+. The maximum atomic E-state index is 11.0. The number of hydrogen-bond donors (Lipinski definition) is 0. The van der Waals surface area contributed by atoms with Crippen LogP contribution >= 0.6 is 0 Å². The van der Waals surface area contributed by atoms with Crippen molar-refractivity contribution in [3.05, 3.63) is 46.1 Å². The minimum atomic E-state index is 0.308. The Hall–Kier alpha value is -1.37. The van der Waals surface area contributed by atoms with Crippen LogP contribution in [0.4, 0.5) is 0 Å². The second kappa shape index (κ2) is 7.47. The van der Waals surface area contributed by atoms with Crippen molar-refractivity contribution in [3.8, 4) is 0 Å². The van der Waals surface area contributed by atoms with E-state index in [4.69, 9.17) is 0 Å². The zero-order valence-electron chi connectivity index (χ0n) is 15.5. The third kappa shape index (κ3) is 4.34. The van der Waals surface area contributed by atoms with Crippen molar-refractivity contribution >= 4 is 6.29 Å². The average Bonchev–Trinajstić information content (AvgIpc) is 2.84. The summed E-state index contributed by atoms with van der Waals surface area (Å²) in [6.45, 7) is 11.3. The van der Waals surface area contributed by atoms with Gasteiger partial charge in [0, 0.05) is 0 Å². The SMILES string of the molecule is CC1=C(/C=C/C(C)=C/CC2CCC(C=O)=C2C)C(C)(C)CCC1. The minimum Gasteiger partial charge on any atom is -0.298 e. The first kappa shape index (κ1) is 18.0. The zero-order chi connectivity index (χ0) is 17.0. The Bertz CT molecular complexity index is 581. The zero-order valence-corrected chi connectivity index (χ0v) is 15.5. The molecular formula is C22H32O. The van der Waals surface area contributed by atoms with E-state index in [1.54, 1.807) is 5.57 Å². The van der Waals surface area contributed by atoms with Crippen molar-refractivity contribution < 1.29 is 4.79 Å². The third-order valence-electron chi connectivity index (χ3n) is 5.80. The Labute approximate surface area is 142 Å². The van der Waals surface area contributed by atoms with Crippen molar-refractivity contribution in [1.29, 1.82) is 0 Å². The molecule has 0 N–H and O–H groups in total. The molecule has 0 aromatic carbocycles. The van der Waals surface area contributed by atoms with E-state index in [0.717, 1.165) is 31.1 Å². The molecule has 0 saturated carbocycles. The lowest BCUT2D eigenvalue weighted by Crippen LogP contribution is -2.19. The number of rotatable bonds is 5. The van der Waals surface area contributed by atoms with Crippen LogP contribution in [0.25, 0.3) is 0 Å². The minimum absolute atomic E-state index is 0.308. The monoisotopic (exact) mass is 312 g/mol. The first-order valence-electron chi connectivity index (χ1n) is 9.05. The molecule has 2 rings (SSSR count). The highest BCUT2D eigenvalue weighted by Crippen LogP contribution is 2.41. The fourth-order valence-corrected chi connectivity index (χ4v) is 4.07. The van der Waals surface area contributed by atoms with Crippen LogP contribution in [-0.4, -0.2) is 6.29 Å². The van der Waals surface area contributed by atoms with Crippen molar-refractivity contribution in [3.63, 3.8) is 0 Å². The van der Waals surface area contributed by atoms with Gasteiger partial charge >= 0.3 is 0 Å². The molecule has 2 aliphatic carbocycles. The molecule has 0 spiro atoms. The summed E-state index contributed by atoms with van der Waals surface area (Å²) in [4.78, 5) is 11.0. The molecule has 126 valence electrons. The van der Waals surface area contributed by atoms with Crippen LogP contribution in [0, 0.1) is 11.3 Å². The Kier molecular flexibility index (Phi) is 5.84. The highest BCUT2D eigenvalue weighted by atomic mass is 16.1. The van der Waals surface area contributed by atoms with Gasteiger partial charge < -0.3 is 0 Å². The fourth-order valence-electron chi connectivity index (χ4n) is 4.07. The number of carbonyl (C=O) groups is 1. The van der Waals surface area contributed by atoms with Gasteiger partial charge in [-0.2, -0.15) is 0 Å². The molecule has 0 bridgehead atoms. The van der Waals surface area contributed by atoms with E-state index < -0.39 is 0 Å². The third-order valence-corrected chi connectivity index (χ3v) is 5.80. The van der Waals surface area contributed by atoms with Gasteiger partial charge in [-0.25, -0.2) is 0 Å². The fraction of sp³-hybridized carbons (Fsp3) is 0.591. The maximum absolute atomic E-state index is 11.0. The first-order chi connectivity index (χ1) is 10.8. The van der Waals surface area contributed by atoms with Crippen molar-refractivity contribution in [1.82, 2.24) is 0 Å². The van der Waals surface area contributed by atoms with E-state index in [9.17, 15) is 4.79 Å². The van der Waals surface area contributed by atoms with Crippen molar-refractivity contribution in [2.24, 2.45) is 11.3 Å². The summed E-state index contributed by atoms with van der Waals surface area (Å²) in [6.07, 6.45) is 15.0. The van der Waals surface area contributed by atoms with E-state index in [0.29, 0.717) is 11.3 Å². The molecule has 23 heavy (non-hydrogen) atoms. The van der Waals surface area contributed by atoms with Crippen LogP contribution in [0.15, 0.2) is 46.1 Å². The molecule has 0 heterocycles. The van der Waals surface area contributed by atoms with Crippen LogP contribution in [0.3, 0.4) is 0 Å². The van der Waals surface area contributed by atoms with Crippen LogP contribution < -0.4 is 0 Å². The summed E-state index contributed by atoms with van der Waals surface area (Å²) in [7, 11) is 0. The van der Waals surface area contributed by atoms with Gasteiger partial charge in [-0.15, -0.1) is 0 Å². The average molecular weight is 312 g/mol. The summed E-state index contributed by atoms with van der Waals surface area (Å²) in [5.41, 5.74) is 7.05. The predicted octanol–water partition coefficient (Wildman–Crippen LogP) is 6.33. The normalized spacial score (nSPS) is 25.6. The summed E-state index contributed by atoms with van der Waals surface area (Å²) in [5, 5.41) is 0. The lowest BCUT2D eigenvalue weighted by Gasteiger charge is -2.33. The number of allylic oxidation sites excluding steroid dienone is 8. The van der Waals surface area contributed by atoms with Gasteiger partial charge in [0.25, 0.3) is 0 Å². The van der Waals surface area contributed by atoms with Gasteiger partial charge in [-0.05, 0) is 81.8 Å². The predicted molar refractivity (Wildman–Crippen MR) is 99.3 cm³/mol. The van der Waals surface area contributed by atoms with Gasteiger partial charge in [-0.1, -0.05) is 48.8 Å². The highest BCUT2D eigenvalue weighted by molar-refractivity contribution is 5.75. The van der Waals surface area contributed by atoms with Crippen LogP contribution in [-0.2, 0) is 4.79 Å². The molecular weight excluding hydrogens is 280 g/mol. The van der Waals surface area contributed by atoms with E-state index in [1.165, 1.54) is 36.0 Å². The Morgan fingerprint density at radius 1 is 1.26 bits per heavy atom. The van der Waals surface area contributed by atoms with Crippen LogP contribution in [0.2, 0.25) is 0 Å². The smallest absolute Gasteiger partial charge is 0.145 e. The lowest BCUT2D eigenvalue weighted by molar-refractivity contribution is -0.105. The first-order valence-corrected chi connectivity index (χ1v) is 9.05. The van der Waals surface area contributed by atoms with Gasteiger partial charge in [0.2, 0.25) is 0 Å². The van der Waals surface area contributed by atoms with E-state index in [1.807, 2.05) is 0 Å². The quantitative estimate of drug-likeness (QED) is 0.428. The summed E-state index contributed by atoms with van der Waals surface area (Å²) in [5.74, 6) is 0.561. The second-order valence-electron chi connectivity index (χ2n) is 8.01. The molecule has 0 saturated heterocycles. The number of aldehydes is 1. The topological polar surface area (TPSA) is 17.1 Å². The molecule has 0 aromatic rings. The molecule has 0 fully saturated rings. The van der Waals surface area contributed by atoms with Gasteiger partial charge in [0.1, 0.15) is 6.29 Å². The Balaban J connectivity index is 2.03. The molecule has 0 aromatic heterocycles. The van der Waals surface area contributed by atoms with Gasteiger partial charge in [0.15, 0.2) is 0 Å². The summed E-state index contributed by atoms with van der Waals surface area (Å²) < 4.78 is 0. The van der Waals surface area contributed by atoms with Gasteiger partial charge in [-0.3, -0.25) is 4.79 Å². The molecule has 0 amide bonds. The van der Waals surface area contributed by atoms with E-state index >= 15 is 0 Å². The summed E-state index contributed by atoms with van der Waals surface area (Å²) >= 11 is 0. The molecule has 1 nitrogen and oxygen atoms in total. The van der Waals surface area contributed by atoms with Crippen LogP contribution in [0.1, 0.15) is 73.1 Å². The highest BCUT2D eigenvalue weighted by Gasteiger charge is 2.26. The molecule has 2 aliphatic rings. The Morgan fingerprint density at radius 2 is 2.00 bits per heavy atom. The van der Waals surface area contributed by atoms with E-state index in [-0.39, 0.29) is 0 Å². The Morgan fingerprint density at radius 3 is 2.61 bits per heavy atom. The number of hydrogen-bond acceptors (Lipinski definition) is 1. The van der Waals surface area contributed by atoms with Crippen LogP contribution in [0.5, 0.6) is 0 Å². The summed E-state index contributed by atoms with van der Waals surface area (Å²) in [6, 6.07) is 0. The molecule has 0 aliphatic heterocycles. The molecule has 0 radical (unpaired) electrons. The van der Waals surface area contributed by atoms with Crippen molar-refractivity contribution in [2.75, 3.05) is 0 Å². The van der Waals surface area contributed by atoms with E-state index in [2.05, 4.69) is 52.8 Å². The van der Waals surface area contributed by atoms with Crippen molar-refractivity contribution in [2.45, 2.75) is 73.1 Å².